The number of morpholine rings is 1. The van der Waals surface area contributed by atoms with E-state index >= 15 is 0 Å². The summed E-state index contributed by atoms with van der Waals surface area (Å²) in [4.78, 5) is 17.4. The molecule has 0 spiro atoms. The number of nitrogens with one attached hydrogen (secondary N) is 1. The van der Waals surface area contributed by atoms with E-state index in [4.69, 9.17) is 10.5 Å². The van der Waals surface area contributed by atoms with Crippen molar-refractivity contribution in [3.63, 3.8) is 0 Å². The number of nitrogens with zero attached hydrogens (tertiary/aromatic N) is 2. The largest absolute Gasteiger partial charge is 0.385 e. The number of pyridine rings is 1. The van der Waals surface area contributed by atoms with E-state index in [2.05, 4.69) is 29.0 Å². The van der Waals surface area contributed by atoms with Gasteiger partial charge >= 0.3 is 0 Å². The van der Waals surface area contributed by atoms with Gasteiger partial charge in [-0.25, -0.2) is 0 Å². The van der Waals surface area contributed by atoms with Gasteiger partial charge in [0, 0.05) is 38.1 Å². The quantitative estimate of drug-likeness (QED) is 0.767. The average Bonchev–Trinajstić information content (AvgIpc) is 2.43. The van der Waals surface area contributed by atoms with Crippen molar-refractivity contribution in [2.24, 2.45) is 5.73 Å². The van der Waals surface area contributed by atoms with Gasteiger partial charge in [0.25, 0.3) is 5.91 Å². The molecule has 1 amide bonds. The van der Waals surface area contributed by atoms with Crippen molar-refractivity contribution in [1.82, 2.24) is 9.88 Å². The molecule has 2 atom stereocenters. The van der Waals surface area contributed by atoms with Crippen LogP contribution in [0.4, 0.5) is 5.69 Å². The Morgan fingerprint density at radius 3 is 2.86 bits per heavy atom. The van der Waals surface area contributed by atoms with E-state index in [1.165, 1.54) is 0 Å². The van der Waals surface area contributed by atoms with Crippen LogP contribution in [0.1, 0.15) is 30.8 Å². The molecule has 0 radical (unpaired) electrons. The lowest BCUT2D eigenvalue weighted by Gasteiger charge is -2.35. The zero-order valence-corrected chi connectivity index (χ0v) is 12.7. The van der Waals surface area contributed by atoms with Crippen molar-refractivity contribution in [2.75, 3.05) is 31.5 Å². The maximum atomic E-state index is 11.1. The van der Waals surface area contributed by atoms with Gasteiger partial charge in [-0.05, 0) is 32.4 Å². The number of amides is 1. The molecule has 2 heterocycles. The molecule has 1 aliphatic heterocycles. The van der Waals surface area contributed by atoms with Crippen LogP contribution in [0.15, 0.2) is 18.3 Å². The summed E-state index contributed by atoms with van der Waals surface area (Å²) >= 11 is 0. The highest BCUT2D eigenvalue weighted by molar-refractivity contribution is 5.91. The van der Waals surface area contributed by atoms with Gasteiger partial charge in [0.15, 0.2) is 0 Å². The predicted molar refractivity (Wildman–Crippen MR) is 82.3 cm³/mol. The Morgan fingerprint density at radius 1 is 1.48 bits per heavy atom. The minimum absolute atomic E-state index is 0.288. The summed E-state index contributed by atoms with van der Waals surface area (Å²) < 4.78 is 5.72. The number of carbonyl (C=O) groups excluding carboxylic acids is 1. The monoisotopic (exact) mass is 292 g/mol. The highest BCUT2D eigenvalue weighted by Gasteiger charge is 2.21. The number of carbonyl (C=O) groups is 1. The fraction of sp³-hybridized carbons (Fsp3) is 0.600. The Labute approximate surface area is 125 Å². The second-order valence-corrected chi connectivity index (χ2v) is 5.59. The third-order valence-electron chi connectivity index (χ3n) is 3.49. The molecule has 0 aliphatic carbocycles. The first-order chi connectivity index (χ1) is 10.0. The smallest absolute Gasteiger partial charge is 0.267 e. The Balaban J connectivity index is 1.72. The molecule has 2 unspecified atom stereocenters. The first-order valence-corrected chi connectivity index (χ1v) is 7.42. The molecule has 0 aromatic carbocycles. The summed E-state index contributed by atoms with van der Waals surface area (Å²) in [6.07, 6.45) is 3.24. The van der Waals surface area contributed by atoms with Gasteiger partial charge in [0.1, 0.15) is 5.69 Å². The maximum absolute atomic E-state index is 11.1. The minimum atomic E-state index is -0.505. The molecule has 3 N–H and O–H groups in total. The van der Waals surface area contributed by atoms with Crippen LogP contribution < -0.4 is 11.1 Å². The SMILES string of the molecule is CC1CN(CCCNc2ccnc(C(N)=O)c2)CC(C)O1. The second kappa shape index (κ2) is 7.38. The molecule has 0 saturated carbocycles. The number of hydrogen-bond acceptors (Lipinski definition) is 5. The molecular formula is C15H24N4O2. The van der Waals surface area contributed by atoms with Crippen LogP contribution in [-0.2, 0) is 4.74 Å². The topological polar surface area (TPSA) is 80.5 Å². The Hall–Kier alpha value is -1.66. The summed E-state index contributed by atoms with van der Waals surface area (Å²) in [5.41, 5.74) is 6.38. The van der Waals surface area contributed by atoms with E-state index in [0.29, 0.717) is 12.2 Å². The molecule has 1 saturated heterocycles. The normalized spacial score (nSPS) is 23.0. The molecule has 1 fully saturated rings. The van der Waals surface area contributed by atoms with E-state index in [1.54, 1.807) is 12.3 Å². The third-order valence-corrected chi connectivity index (χ3v) is 3.49. The summed E-state index contributed by atoms with van der Waals surface area (Å²) in [7, 11) is 0. The van der Waals surface area contributed by atoms with Crippen LogP contribution >= 0.6 is 0 Å². The Morgan fingerprint density at radius 2 is 2.19 bits per heavy atom. The molecule has 116 valence electrons. The molecule has 1 aromatic rings. The van der Waals surface area contributed by atoms with Crippen LogP contribution in [0.3, 0.4) is 0 Å². The van der Waals surface area contributed by atoms with E-state index in [9.17, 15) is 4.79 Å². The van der Waals surface area contributed by atoms with E-state index in [1.807, 2.05) is 6.07 Å². The van der Waals surface area contributed by atoms with Crippen molar-refractivity contribution in [2.45, 2.75) is 32.5 Å². The number of hydrogen-bond donors (Lipinski definition) is 2. The van der Waals surface area contributed by atoms with E-state index in [-0.39, 0.29) is 5.69 Å². The van der Waals surface area contributed by atoms with Crippen LogP contribution in [-0.4, -0.2) is 54.2 Å². The fourth-order valence-corrected chi connectivity index (χ4v) is 2.68. The third kappa shape index (κ3) is 4.99. The van der Waals surface area contributed by atoms with Crippen LogP contribution in [0.5, 0.6) is 0 Å². The molecule has 6 nitrogen and oxygen atoms in total. The number of ether oxygens (including phenoxy) is 1. The summed E-state index contributed by atoms with van der Waals surface area (Å²) in [6.45, 7) is 8.10. The number of anilines is 1. The van der Waals surface area contributed by atoms with Gasteiger partial charge < -0.3 is 15.8 Å². The number of rotatable bonds is 6. The van der Waals surface area contributed by atoms with Crippen LogP contribution in [0, 0.1) is 0 Å². The summed E-state index contributed by atoms with van der Waals surface area (Å²) in [5, 5.41) is 3.30. The standard InChI is InChI=1S/C15H24N4O2/c1-11-9-19(10-12(2)21-11)7-3-5-17-13-4-6-18-14(8-13)15(16)20/h4,6,8,11-12H,3,5,7,9-10H2,1-2H3,(H2,16,20)(H,17,18). The van der Waals surface area contributed by atoms with Crippen molar-refractivity contribution in [3.05, 3.63) is 24.0 Å². The van der Waals surface area contributed by atoms with Gasteiger partial charge in [-0.3, -0.25) is 14.7 Å². The van der Waals surface area contributed by atoms with Gasteiger partial charge in [-0.15, -0.1) is 0 Å². The van der Waals surface area contributed by atoms with Crippen molar-refractivity contribution in [1.29, 1.82) is 0 Å². The summed E-state index contributed by atoms with van der Waals surface area (Å²) in [6, 6.07) is 3.52. The van der Waals surface area contributed by atoms with E-state index in [0.717, 1.165) is 38.3 Å². The molecule has 21 heavy (non-hydrogen) atoms. The average molecular weight is 292 g/mol. The number of primary amides is 1. The van der Waals surface area contributed by atoms with Crippen LogP contribution in [0.2, 0.25) is 0 Å². The highest BCUT2D eigenvalue weighted by atomic mass is 16.5. The molecule has 1 aromatic heterocycles. The zero-order chi connectivity index (χ0) is 15.2. The van der Waals surface area contributed by atoms with Gasteiger partial charge in [-0.2, -0.15) is 0 Å². The molecular weight excluding hydrogens is 268 g/mol. The zero-order valence-electron chi connectivity index (χ0n) is 12.7. The lowest BCUT2D eigenvalue weighted by Crippen LogP contribution is -2.45. The first kappa shape index (κ1) is 15.7. The second-order valence-electron chi connectivity index (χ2n) is 5.59. The number of aromatic nitrogens is 1. The van der Waals surface area contributed by atoms with Crippen molar-refractivity contribution in [3.8, 4) is 0 Å². The Bertz CT molecular complexity index is 470. The minimum Gasteiger partial charge on any atom is -0.385 e. The lowest BCUT2D eigenvalue weighted by atomic mass is 10.2. The molecule has 6 heteroatoms. The maximum Gasteiger partial charge on any atom is 0.267 e. The molecule has 2 rings (SSSR count). The van der Waals surface area contributed by atoms with Gasteiger partial charge in [0.2, 0.25) is 0 Å². The lowest BCUT2D eigenvalue weighted by molar-refractivity contribution is -0.0678. The van der Waals surface area contributed by atoms with Crippen molar-refractivity contribution >= 4 is 11.6 Å². The Kier molecular flexibility index (Phi) is 5.52. The van der Waals surface area contributed by atoms with Gasteiger partial charge in [0.05, 0.1) is 12.2 Å². The highest BCUT2D eigenvalue weighted by Crippen LogP contribution is 2.11. The van der Waals surface area contributed by atoms with E-state index < -0.39 is 5.91 Å². The van der Waals surface area contributed by atoms with Gasteiger partial charge in [-0.1, -0.05) is 0 Å². The van der Waals surface area contributed by atoms with Crippen molar-refractivity contribution < 1.29 is 9.53 Å². The predicted octanol–water partition coefficient (Wildman–Crippen LogP) is 1.09. The number of nitrogens with two attached hydrogens (primary N) is 1. The molecule has 1 aliphatic rings. The first-order valence-electron chi connectivity index (χ1n) is 7.42. The van der Waals surface area contributed by atoms with Crippen LogP contribution in [0.25, 0.3) is 0 Å². The molecule has 0 bridgehead atoms. The summed E-state index contributed by atoms with van der Waals surface area (Å²) in [5.74, 6) is -0.505. The fourth-order valence-electron chi connectivity index (χ4n) is 2.68.